The third kappa shape index (κ3) is 6.72. The van der Waals surface area contributed by atoms with Crippen LogP contribution < -0.4 is 25.6 Å². The second kappa shape index (κ2) is 12.8. The predicted octanol–water partition coefficient (Wildman–Crippen LogP) is 5.69. The van der Waals surface area contributed by atoms with Gasteiger partial charge in [0.1, 0.15) is 18.7 Å². The standard InChI is InChI=1S/C32H43BrN7O2P/c1-38-16-18-40(19-17-38)23-12-14-39(15-13-23)24-9-11-27(29(20-24)42-2)36-32-34-21-26(33)31(37-32)35-28-10-8-22-6-5-7-25(22)30(28)43(3,4)41/h8-11,20-21,23H,5-7,12-19H2,1-4H3,(H2,34,35,36,37). The maximum atomic E-state index is 13.4. The molecule has 11 heteroatoms. The fourth-order valence-corrected chi connectivity index (χ4v) is 8.69. The predicted molar refractivity (Wildman–Crippen MR) is 181 cm³/mol. The zero-order chi connectivity index (χ0) is 30.1. The Morgan fingerprint density at radius 3 is 2.44 bits per heavy atom. The highest BCUT2D eigenvalue weighted by Crippen LogP contribution is 2.43. The lowest BCUT2D eigenvalue weighted by Gasteiger charge is -2.42. The average Bonchev–Trinajstić information content (AvgIpc) is 3.47. The van der Waals surface area contributed by atoms with Crippen molar-refractivity contribution < 1.29 is 9.30 Å². The summed E-state index contributed by atoms with van der Waals surface area (Å²) >= 11 is 3.60. The molecule has 3 aromatic rings. The van der Waals surface area contributed by atoms with E-state index in [2.05, 4.69) is 71.5 Å². The Bertz CT molecular complexity index is 1510. The van der Waals surface area contributed by atoms with Crippen LogP contribution in [0.2, 0.25) is 0 Å². The number of aryl methyl sites for hydroxylation is 1. The van der Waals surface area contributed by atoms with Crippen LogP contribution in [0.5, 0.6) is 5.75 Å². The zero-order valence-electron chi connectivity index (χ0n) is 25.7. The van der Waals surface area contributed by atoms with Crippen LogP contribution in [-0.2, 0) is 17.4 Å². The lowest BCUT2D eigenvalue weighted by Crippen LogP contribution is -2.52. The summed E-state index contributed by atoms with van der Waals surface area (Å²) in [5.74, 6) is 1.81. The highest BCUT2D eigenvalue weighted by Gasteiger charge is 2.28. The van der Waals surface area contributed by atoms with Crippen molar-refractivity contribution >= 4 is 57.2 Å². The number of fused-ring (bicyclic) bond motifs is 1. The molecule has 0 amide bonds. The number of hydrogen-bond acceptors (Lipinski definition) is 9. The SMILES string of the molecule is COc1cc(N2CCC(N3CCN(C)CC3)CC2)ccc1Nc1ncc(Br)c(Nc2ccc3c(c2P(C)(C)=O)CCC3)n1. The van der Waals surface area contributed by atoms with Crippen LogP contribution in [0.3, 0.4) is 0 Å². The maximum Gasteiger partial charge on any atom is 0.229 e. The molecule has 2 aliphatic heterocycles. The number of ether oxygens (including phenoxy) is 1. The van der Waals surface area contributed by atoms with E-state index < -0.39 is 7.14 Å². The van der Waals surface area contributed by atoms with E-state index in [9.17, 15) is 4.57 Å². The van der Waals surface area contributed by atoms with Crippen molar-refractivity contribution in [3.05, 3.63) is 52.1 Å². The summed E-state index contributed by atoms with van der Waals surface area (Å²) in [6, 6.07) is 11.2. The van der Waals surface area contributed by atoms with Crippen molar-refractivity contribution in [1.82, 2.24) is 19.8 Å². The maximum absolute atomic E-state index is 13.4. The van der Waals surface area contributed by atoms with Crippen LogP contribution in [0, 0.1) is 0 Å². The summed E-state index contributed by atoms with van der Waals surface area (Å²) < 4.78 is 19.9. The molecule has 0 unspecified atom stereocenters. The molecule has 3 aliphatic rings. The molecular formula is C32H43BrN7O2P. The van der Waals surface area contributed by atoms with E-state index in [0.717, 1.165) is 59.3 Å². The largest absolute Gasteiger partial charge is 0.494 e. The van der Waals surface area contributed by atoms with Gasteiger partial charge in [-0.1, -0.05) is 6.07 Å². The molecule has 0 bridgehead atoms. The molecule has 2 N–H and O–H groups in total. The Morgan fingerprint density at radius 2 is 1.72 bits per heavy atom. The summed E-state index contributed by atoms with van der Waals surface area (Å²) in [7, 11) is 1.39. The van der Waals surface area contributed by atoms with Crippen molar-refractivity contribution in [2.75, 3.05) is 82.3 Å². The third-order valence-corrected chi connectivity index (χ3v) is 11.3. The van der Waals surface area contributed by atoms with Gasteiger partial charge in [0.2, 0.25) is 5.95 Å². The van der Waals surface area contributed by atoms with Gasteiger partial charge < -0.3 is 29.7 Å². The van der Waals surface area contributed by atoms with Gasteiger partial charge in [-0.3, -0.25) is 4.90 Å². The molecular weight excluding hydrogens is 625 g/mol. The van der Waals surface area contributed by atoms with Crippen LogP contribution in [0.15, 0.2) is 41.0 Å². The summed E-state index contributed by atoms with van der Waals surface area (Å²) in [5, 5.41) is 7.75. The first-order valence-corrected chi connectivity index (χ1v) is 18.7. The van der Waals surface area contributed by atoms with Crippen LogP contribution >= 0.6 is 23.1 Å². The number of likely N-dealkylation sites (N-methyl/N-ethyl adjacent to an activating group) is 1. The van der Waals surface area contributed by atoms with E-state index in [-0.39, 0.29) is 0 Å². The number of nitrogens with one attached hydrogen (secondary N) is 2. The van der Waals surface area contributed by atoms with Gasteiger partial charge in [0.15, 0.2) is 0 Å². The van der Waals surface area contributed by atoms with E-state index in [0.29, 0.717) is 17.8 Å². The van der Waals surface area contributed by atoms with Gasteiger partial charge >= 0.3 is 0 Å². The smallest absolute Gasteiger partial charge is 0.229 e. The first-order chi connectivity index (χ1) is 20.7. The van der Waals surface area contributed by atoms with Crippen LogP contribution in [0.1, 0.15) is 30.4 Å². The monoisotopic (exact) mass is 667 g/mol. The molecule has 2 saturated heterocycles. The minimum Gasteiger partial charge on any atom is -0.494 e. The Morgan fingerprint density at radius 1 is 0.977 bits per heavy atom. The van der Waals surface area contributed by atoms with Crippen molar-refractivity contribution in [2.24, 2.45) is 0 Å². The quantitative estimate of drug-likeness (QED) is 0.295. The minimum absolute atomic E-state index is 0.448. The van der Waals surface area contributed by atoms with E-state index in [4.69, 9.17) is 9.72 Å². The van der Waals surface area contributed by atoms with Crippen LogP contribution in [-0.4, -0.2) is 92.6 Å². The molecule has 1 aliphatic carbocycles. The van der Waals surface area contributed by atoms with Gasteiger partial charge in [-0.25, -0.2) is 4.98 Å². The number of piperidine rings is 1. The average molecular weight is 669 g/mol. The molecule has 1 aromatic heterocycles. The molecule has 9 nitrogen and oxygen atoms in total. The Hall–Kier alpha value is -2.65. The van der Waals surface area contributed by atoms with Gasteiger partial charge in [0.05, 0.1) is 23.0 Å². The van der Waals surface area contributed by atoms with Crippen LogP contribution in [0.4, 0.5) is 28.8 Å². The molecule has 6 rings (SSSR count). The Kier molecular flexibility index (Phi) is 9.01. The van der Waals surface area contributed by atoms with Gasteiger partial charge in [-0.2, -0.15) is 4.98 Å². The normalized spacial score (nSPS) is 18.5. The number of nitrogens with zero attached hydrogens (tertiary/aromatic N) is 5. The topological polar surface area (TPSA) is 85.9 Å². The Labute approximate surface area is 263 Å². The molecule has 3 heterocycles. The van der Waals surface area contributed by atoms with Crippen molar-refractivity contribution in [2.45, 2.75) is 38.1 Å². The molecule has 230 valence electrons. The zero-order valence-corrected chi connectivity index (χ0v) is 28.2. The third-order valence-electron chi connectivity index (χ3n) is 9.10. The fraction of sp³-hybridized carbons (Fsp3) is 0.500. The fourth-order valence-electron chi connectivity index (χ4n) is 6.78. The molecule has 0 radical (unpaired) electrons. The number of halogens is 1. The van der Waals surface area contributed by atoms with E-state index in [1.54, 1.807) is 13.3 Å². The van der Waals surface area contributed by atoms with Gasteiger partial charge in [0, 0.05) is 68.6 Å². The lowest BCUT2D eigenvalue weighted by molar-refractivity contribution is 0.0982. The molecule has 0 atom stereocenters. The van der Waals surface area contributed by atoms with Crippen molar-refractivity contribution in [1.29, 1.82) is 0 Å². The lowest BCUT2D eigenvalue weighted by atomic mass is 10.0. The number of methoxy groups -OCH3 is 1. The van der Waals surface area contributed by atoms with Gasteiger partial charge in [-0.15, -0.1) is 0 Å². The van der Waals surface area contributed by atoms with E-state index in [1.165, 1.54) is 55.8 Å². The number of piperazine rings is 1. The molecule has 2 fully saturated rings. The molecule has 43 heavy (non-hydrogen) atoms. The molecule has 2 aromatic carbocycles. The van der Waals surface area contributed by atoms with Crippen molar-refractivity contribution in [3.63, 3.8) is 0 Å². The van der Waals surface area contributed by atoms with E-state index in [1.807, 2.05) is 25.5 Å². The molecule has 0 spiro atoms. The first kappa shape index (κ1) is 30.4. The second-order valence-corrected chi connectivity index (χ2v) is 16.4. The summed E-state index contributed by atoms with van der Waals surface area (Å²) in [4.78, 5) is 16.9. The van der Waals surface area contributed by atoms with Crippen molar-refractivity contribution in [3.8, 4) is 5.75 Å². The minimum atomic E-state index is -2.52. The number of rotatable bonds is 8. The van der Waals surface area contributed by atoms with Gasteiger partial charge in [0.25, 0.3) is 0 Å². The number of benzene rings is 2. The number of anilines is 5. The highest BCUT2D eigenvalue weighted by atomic mass is 79.9. The Balaban J connectivity index is 1.16. The number of hydrogen-bond donors (Lipinski definition) is 2. The van der Waals surface area contributed by atoms with Crippen LogP contribution in [0.25, 0.3) is 0 Å². The highest BCUT2D eigenvalue weighted by molar-refractivity contribution is 9.10. The van der Waals surface area contributed by atoms with Gasteiger partial charge in [-0.05, 0) is 97.7 Å². The first-order valence-electron chi connectivity index (χ1n) is 15.3. The molecule has 0 saturated carbocycles. The summed E-state index contributed by atoms with van der Waals surface area (Å²) in [6.45, 7) is 10.5. The van der Waals surface area contributed by atoms with E-state index >= 15 is 0 Å². The number of aromatic nitrogens is 2. The second-order valence-electron chi connectivity index (χ2n) is 12.4. The summed E-state index contributed by atoms with van der Waals surface area (Å²) in [6.07, 6.45) is 7.22. The summed E-state index contributed by atoms with van der Waals surface area (Å²) in [5.41, 5.74) is 5.36.